The van der Waals surface area contributed by atoms with Crippen LogP contribution in [0, 0.1) is 0 Å². The first-order valence-electron chi connectivity index (χ1n) is 0.365. The fourth-order valence-corrected chi connectivity index (χ4v) is 0. The molecular formula is CoMnO2P. The van der Waals surface area contributed by atoms with E-state index in [-0.39, 0.29) is 33.8 Å². The van der Waals surface area contributed by atoms with Gasteiger partial charge in [0.05, 0.1) is 0 Å². The van der Waals surface area contributed by atoms with Crippen molar-refractivity contribution in [2.24, 2.45) is 0 Å². The minimum atomic E-state index is -1.08. The Morgan fingerprint density at radius 3 is 1.20 bits per heavy atom. The molecule has 0 spiro atoms. The van der Waals surface area contributed by atoms with Gasteiger partial charge in [0.25, 0.3) is 0 Å². The van der Waals surface area contributed by atoms with Crippen molar-refractivity contribution in [1.29, 1.82) is 0 Å². The minimum Gasteiger partial charge on any atom is 0 e. The molecule has 0 N–H and O–H groups in total. The van der Waals surface area contributed by atoms with Crippen LogP contribution in [0.25, 0.3) is 0 Å². The largest absolute Gasteiger partial charge is 0 e. The maximum absolute atomic E-state index is 8.35. The van der Waals surface area contributed by atoms with E-state index in [9.17, 15) is 0 Å². The van der Waals surface area contributed by atoms with Crippen LogP contribution in [0.15, 0.2) is 0 Å². The van der Waals surface area contributed by atoms with Gasteiger partial charge in [-0.05, 0) is 0 Å². The van der Waals surface area contributed by atoms with Crippen molar-refractivity contribution in [3.05, 3.63) is 0 Å². The van der Waals surface area contributed by atoms with Gasteiger partial charge in [-0.15, -0.1) is 0 Å². The van der Waals surface area contributed by atoms with Gasteiger partial charge in [0.2, 0.25) is 0 Å². The van der Waals surface area contributed by atoms with Gasteiger partial charge in [-0.1, -0.05) is 0 Å². The monoisotopic (exact) mass is 177 g/mol. The average Bonchev–Trinajstić information content (AvgIpc) is 0.918. The third-order valence-electron chi connectivity index (χ3n) is 0. The van der Waals surface area contributed by atoms with Gasteiger partial charge in [-0.2, -0.15) is 0 Å². The van der Waals surface area contributed by atoms with Crippen LogP contribution in [0.3, 0.4) is 0 Å². The summed E-state index contributed by atoms with van der Waals surface area (Å²) < 4.78 is 16.7. The molecule has 0 rings (SSSR count). The molecule has 0 unspecified atom stereocenters. The predicted molar refractivity (Wildman–Crippen MR) is 8.29 cm³/mol. The van der Waals surface area contributed by atoms with Crippen molar-refractivity contribution >= 4 is 8.34 Å². The van der Waals surface area contributed by atoms with Gasteiger partial charge in [-0.3, -0.25) is 0 Å². The van der Waals surface area contributed by atoms with Crippen LogP contribution in [0.4, 0.5) is 0 Å². The zero-order chi connectivity index (χ0) is 2.71. The van der Waals surface area contributed by atoms with Crippen molar-refractivity contribution < 1.29 is 43.0 Å². The van der Waals surface area contributed by atoms with Crippen molar-refractivity contribution in [3.8, 4) is 0 Å². The number of rotatable bonds is 0. The first kappa shape index (κ1) is 16.6. The molecular weight excluding hydrogens is 177 g/mol. The minimum absolute atomic E-state index is 0. The molecule has 0 aliphatic rings. The second-order valence-corrected chi connectivity index (χ2v) is 0.224. The van der Waals surface area contributed by atoms with E-state index in [0.717, 1.165) is 0 Å². The summed E-state index contributed by atoms with van der Waals surface area (Å²) >= 11 is 0. The first-order chi connectivity index (χ1) is 1.41. The van der Waals surface area contributed by atoms with Gasteiger partial charge < -0.3 is 0 Å². The molecule has 0 fully saturated rings. The molecule has 0 heterocycles. The van der Waals surface area contributed by atoms with Crippen LogP contribution < -0.4 is 0 Å². The van der Waals surface area contributed by atoms with Gasteiger partial charge in [0.1, 0.15) is 0 Å². The van der Waals surface area contributed by atoms with Gasteiger partial charge >= 0.3 is 17.5 Å². The standard InChI is InChI=1S/Co.Mn.O2P/c;;1-3-2. The van der Waals surface area contributed by atoms with E-state index in [0.29, 0.717) is 0 Å². The number of hydrogen-bond acceptors (Lipinski definition) is 2. The molecule has 5 heavy (non-hydrogen) atoms. The Morgan fingerprint density at radius 2 is 1.20 bits per heavy atom. The summed E-state index contributed by atoms with van der Waals surface area (Å²) in [6, 6.07) is 0. The Hall–Kier alpha value is 1.06. The Labute approximate surface area is 51.6 Å². The summed E-state index contributed by atoms with van der Waals surface area (Å²) in [5.74, 6) is 0. The smallest absolute Gasteiger partial charge is 0 e. The molecule has 0 aromatic heterocycles. The van der Waals surface area contributed by atoms with E-state index in [2.05, 4.69) is 0 Å². The average molecular weight is 177 g/mol. The van der Waals surface area contributed by atoms with E-state index in [1.807, 2.05) is 0 Å². The van der Waals surface area contributed by atoms with Gasteiger partial charge in [0.15, 0.2) is 0 Å². The van der Waals surface area contributed by atoms with Gasteiger partial charge in [0, 0.05) is 33.8 Å². The van der Waals surface area contributed by atoms with E-state index in [1.54, 1.807) is 0 Å². The fraction of sp³-hybridized carbons (Fsp3) is 0. The van der Waals surface area contributed by atoms with E-state index in [4.69, 9.17) is 9.13 Å². The molecule has 0 aliphatic carbocycles. The fourth-order valence-electron chi connectivity index (χ4n) is 0. The van der Waals surface area contributed by atoms with Crippen molar-refractivity contribution in [1.82, 2.24) is 0 Å². The summed E-state index contributed by atoms with van der Waals surface area (Å²) in [5, 5.41) is 0. The second-order valence-electron chi connectivity index (χ2n) is 0.0745. The van der Waals surface area contributed by atoms with E-state index in [1.165, 1.54) is 0 Å². The molecule has 0 aliphatic heterocycles. The molecule has 33 valence electrons. The quantitative estimate of drug-likeness (QED) is 0.401. The zero-order valence-electron chi connectivity index (χ0n) is 1.98. The van der Waals surface area contributed by atoms with Crippen molar-refractivity contribution in [2.75, 3.05) is 0 Å². The molecule has 2 nitrogen and oxygen atoms in total. The molecule has 0 aromatic carbocycles. The summed E-state index contributed by atoms with van der Waals surface area (Å²) in [4.78, 5) is 0. The van der Waals surface area contributed by atoms with E-state index < -0.39 is 8.34 Å². The predicted octanol–water partition coefficient (Wildman–Crippen LogP) is 0.619. The Kier molecular flexibility index (Phi) is 65.2. The molecule has 0 bridgehead atoms. The molecule has 5 heteroatoms. The molecule has 0 saturated heterocycles. The normalized spacial score (nSPS) is 1.60. The summed E-state index contributed by atoms with van der Waals surface area (Å²) in [6.07, 6.45) is 0. The maximum Gasteiger partial charge on any atom is 0 e. The van der Waals surface area contributed by atoms with Crippen LogP contribution in [0.5, 0.6) is 0 Å². The van der Waals surface area contributed by atoms with Crippen LogP contribution in [0.2, 0.25) is 0 Å². The van der Waals surface area contributed by atoms with Crippen molar-refractivity contribution in [2.45, 2.75) is 0 Å². The molecule has 0 saturated carbocycles. The zero-order valence-corrected chi connectivity index (χ0v) is 5.09. The van der Waals surface area contributed by atoms with Crippen LogP contribution in [-0.4, -0.2) is 0 Å². The molecule has 3 radical (unpaired) electrons. The van der Waals surface area contributed by atoms with Crippen molar-refractivity contribution in [3.63, 3.8) is 0 Å². The van der Waals surface area contributed by atoms with Crippen LogP contribution in [-0.2, 0) is 43.0 Å². The topological polar surface area (TPSA) is 34.1 Å². The van der Waals surface area contributed by atoms with Crippen LogP contribution >= 0.6 is 8.34 Å². The maximum atomic E-state index is 8.35. The molecule has 0 amide bonds. The summed E-state index contributed by atoms with van der Waals surface area (Å²) in [5.41, 5.74) is 0. The molecule has 0 atom stereocenters. The third-order valence-corrected chi connectivity index (χ3v) is 0. The first-order valence-corrected chi connectivity index (χ1v) is 1.10. The number of hydrogen-bond donors (Lipinski definition) is 0. The Morgan fingerprint density at radius 1 is 1.20 bits per heavy atom. The summed E-state index contributed by atoms with van der Waals surface area (Å²) in [6.45, 7) is 0. The van der Waals surface area contributed by atoms with E-state index >= 15 is 0 Å². The Bertz CT molecular complexity index is 30.6. The second kappa shape index (κ2) is 19.7. The third kappa shape index (κ3) is 42.3. The molecule has 0 aromatic rings. The Balaban J connectivity index is -0.0000000200. The van der Waals surface area contributed by atoms with Gasteiger partial charge in [-0.25, -0.2) is 0 Å². The summed E-state index contributed by atoms with van der Waals surface area (Å²) in [7, 11) is -1.08. The SMILES string of the molecule is O=[P]=O.[Co].[Mn]. The van der Waals surface area contributed by atoms with Crippen LogP contribution in [0.1, 0.15) is 0 Å².